The second-order valence-electron chi connectivity index (χ2n) is 6.80. The number of hydrogen-bond donors (Lipinski definition) is 4. The van der Waals surface area contributed by atoms with E-state index in [2.05, 4.69) is 6.92 Å². The smallest absolute Gasteiger partial charge is 0.305 e. The first-order valence-electron chi connectivity index (χ1n) is 9.50. The van der Waals surface area contributed by atoms with E-state index in [4.69, 9.17) is 9.47 Å². The van der Waals surface area contributed by atoms with Gasteiger partial charge < -0.3 is 29.9 Å². The highest BCUT2D eigenvalue weighted by atomic mass is 16.6. The van der Waals surface area contributed by atoms with Gasteiger partial charge in [-0.05, 0) is 6.42 Å². The number of hydrogen-bond acceptors (Lipinski definition) is 7. The van der Waals surface area contributed by atoms with E-state index in [0.29, 0.717) is 6.42 Å². The molecule has 1 fully saturated rings. The standard InChI is InChI=1S/C18H34O7/c1-2-3-4-5-6-7-8-9-10-11-14(19)24-12-13-15(20)16(21)17(22)18(23)25-13/h13,15-18,20-23H,2-12H2,1H3/t13-,15-,16+,17?,18?/m1/s1. The van der Waals surface area contributed by atoms with Gasteiger partial charge in [0.2, 0.25) is 0 Å². The molecule has 0 aromatic rings. The van der Waals surface area contributed by atoms with Gasteiger partial charge in [0.1, 0.15) is 31.0 Å². The molecule has 4 N–H and O–H groups in total. The molecule has 1 heterocycles. The molecule has 0 saturated carbocycles. The van der Waals surface area contributed by atoms with Gasteiger partial charge in [-0.2, -0.15) is 0 Å². The molecule has 7 nitrogen and oxygen atoms in total. The lowest BCUT2D eigenvalue weighted by Crippen LogP contribution is -2.58. The van der Waals surface area contributed by atoms with E-state index in [0.717, 1.165) is 19.3 Å². The van der Waals surface area contributed by atoms with E-state index in [1.54, 1.807) is 0 Å². The van der Waals surface area contributed by atoms with Crippen LogP contribution in [0.5, 0.6) is 0 Å². The van der Waals surface area contributed by atoms with Crippen LogP contribution in [0.25, 0.3) is 0 Å². The Morgan fingerprint density at radius 2 is 1.40 bits per heavy atom. The number of rotatable bonds is 12. The highest BCUT2D eigenvalue weighted by Gasteiger charge is 2.43. The predicted molar refractivity (Wildman–Crippen MR) is 91.7 cm³/mol. The van der Waals surface area contributed by atoms with E-state index in [1.807, 2.05) is 0 Å². The Balaban J connectivity index is 2.05. The average Bonchev–Trinajstić information content (AvgIpc) is 2.60. The van der Waals surface area contributed by atoms with Crippen LogP contribution in [0.2, 0.25) is 0 Å². The summed E-state index contributed by atoms with van der Waals surface area (Å²) in [5.41, 5.74) is 0. The van der Waals surface area contributed by atoms with Crippen LogP contribution in [0.4, 0.5) is 0 Å². The molecule has 1 aliphatic heterocycles. The van der Waals surface area contributed by atoms with E-state index >= 15 is 0 Å². The van der Waals surface area contributed by atoms with Gasteiger partial charge in [-0.25, -0.2) is 0 Å². The van der Waals surface area contributed by atoms with E-state index in [1.165, 1.54) is 38.5 Å². The van der Waals surface area contributed by atoms with Gasteiger partial charge in [-0.1, -0.05) is 58.3 Å². The number of carbonyl (C=O) groups is 1. The number of esters is 1. The zero-order chi connectivity index (χ0) is 18.7. The van der Waals surface area contributed by atoms with Crippen molar-refractivity contribution in [1.82, 2.24) is 0 Å². The Labute approximate surface area is 150 Å². The second-order valence-corrected chi connectivity index (χ2v) is 6.80. The van der Waals surface area contributed by atoms with Gasteiger partial charge in [-0.15, -0.1) is 0 Å². The van der Waals surface area contributed by atoms with Crippen molar-refractivity contribution in [3.8, 4) is 0 Å². The van der Waals surface area contributed by atoms with Crippen LogP contribution in [0.15, 0.2) is 0 Å². The van der Waals surface area contributed by atoms with Crippen LogP contribution >= 0.6 is 0 Å². The topological polar surface area (TPSA) is 116 Å². The number of carbonyl (C=O) groups excluding carboxylic acids is 1. The van der Waals surface area contributed by atoms with Crippen molar-refractivity contribution in [2.75, 3.05) is 6.61 Å². The monoisotopic (exact) mass is 362 g/mol. The predicted octanol–water partition coefficient (Wildman–Crippen LogP) is 1.25. The summed E-state index contributed by atoms with van der Waals surface area (Å²) in [6.45, 7) is 1.94. The normalized spacial score (nSPS) is 29.6. The van der Waals surface area contributed by atoms with Crippen molar-refractivity contribution < 1.29 is 34.7 Å². The Morgan fingerprint density at radius 1 is 0.840 bits per heavy atom. The van der Waals surface area contributed by atoms with Crippen molar-refractivity contribution in [3.05, 3.63) is 0 Å². The Bertz CT molecular complexity index is 363. The molecule has 1 saturated heterocycles. The molecule has 0 aliphatic carbocycles. The molecule has 0 amide bonds. The van der Waals surface area contributed by atoms with Gasteiger partial charge in [-0.3, -0.25) is 4.79 Å². The first-order chi connectivity index (χ1) is 12.0. The molecule has 0 aromatic carbocycles. The second kappa shape index (κ2) is 12.6. The van der Waals surface area contributed by atoms with Crippen LogP contribution in [0.3, 0.4) is 0 Å². The lowest BCUT2D eigenvalue weighted by Gasteiger charge is -2.37. The molecule has 1 rings (SSSR count). The summed E-state index contributed by atoms with van der Waals surface area (Å²) in [5, 5.41) is 38.1. The zero-order valence-corrected chi connectivity index (χ0v) is 15.2. The summed E-state index contributed by atoms with van der Waals surface area (Å²) in [7, 11) is 0. The van der Waals surface area contributed by atoms with Gasteiger partial charge in [0.15, 0.2) is 6.29 Å². The lowest BCUT2D eigenvalue weighted by atomic mass is 9.99. The third kappa shape index (κ3) is 8.46. The van der Waals surface area contributed by atoms with Crippen molar-refractivity contribution in [2.24, 2.45) is 0 Å². The number of aliphatic hydroxyl groups excluding tert-OH is 4. The molecule has 0 spiro atoms. The SMILES string of the molecule is CCCCCCCCCCCC(=O)OC[C@H]1OC(O)C(O)[C@@H](O)[C@@H]1O. The number of aliphatic hydroxyl groups is 4. The van der Waals surface area contributed by atoms with Crippen molar-refractivity contribution in [2.45, 2.75) is 102 Å². The zero-order valence-electron chi connectivity index (χ0n) is 15.2. The van der Waals surface area contributed by atoms with Crippen LogP contribution in [-0.4, -0.2) is 63.7 Å². The van der Waals surface area contributed by atoms with E-state index < -0.39 is 36.7 Å². The lowest BCUT2D eigenvalue weighted by molar-refractivity contribution is -0.287. The minimum Gasteiger partial charge on any atom is -0.463 e. The van der Waals surface area contributed by atoms with Gasteiger partial charge in [0.05, 0.1) is 0 Å². The van der Waals surface area contributed by atoms with Crippen LogP contribution in [0.1, 0.15) is 71.1 Å². The summed E-state index contributed by atoms with van der Waals surface area (Å²) >= 11 is 0. The fourth-order valence-electron chi connectivity index (χ4n) is 2.90. The summed E-state index contributed by atoms with van der Waals surface area (Å²) in [4.78, 5) is 11.7. The largest absolute Gasteiger partial charge is 0.463 e. The Morgan fingerprint density at radius 3 is 2.00 bits per heavy atom. The molecule has 1 aliphatic rings. The first kappa shape index (κ1) is 22.3. The maximum absolute atomic E-state index is 11.7. The summed E-state index contributed by atoms with van der Waals surface area (Å²) in [5.74, 6) is -0.395. The molecule has 0 aromatic heterocycles. The third-order valence-corrected chi connectivity index (χ3v) is 4.58. The quantitative estimate of drug-likeness (QED) is 0.305. The van der Waals surface area contributed by atoms with Gasteiger partial charge >= 0.3 is 5.97 Å². The molecule has 0 bridgehead atoms. The summed E-state index contributed by atoms with van der Waals surface area (Å²) in [6.07, 6.45) is 3.53. The third-order valence-electron chi connectivity index (χ3n) is 4.58. The number of ether oxygens (including phenoxy) is 2. The average molecular weight is 362 g/mol. The highest BCUT2D eigenvalue weighted by molar-refractivity contribution is 5.69. The Kier molecular flexibility index (Phi) is 11.2. The van der Waals surface area contributed by atoms with Crippen LogP contribution < -0.4 is 0 Å². The fraction of sp³-hybridized carbons (Fsp3) is 0.944. The summed E-state index contributed by atoms with van der Waals surface area (Å²) < 4.78 is 9.98. The van der Waals surface area contributed by atoms with Crippen molar-refractivity contribution >= 4 is 5.97 Å². The van der Waals surface area contributed by atoms with Crippen LogP contribution in [0, 0.1) is 0 Å². The minimum atomic E-state index is -1.61. The molecule has 25 heavy (non-hydrogen) atoms. The molecular weight excluding hydrogens is 328 g/mol. The van der Waals surface area contributed by atoms with Crippen molar-refractivity contribution in [1.29, 1.82) is 0 Å². The molecule has 0 radical (unpaired) electrons. The van der Waals surface area contributed by atoms with Gasteiger partial charge in [0.25, 0.3) is 0 Å². The van der Waals surface area contributed by atoms with E-state index in [9.17, 15) is 25.2 Å². The van der Waals surface area contributed by atoms with Crippen molar-refractivity contribution in [3.63, 3.8) is 0 Å². The minimum absolute atomic E-state index is 0.266. The Hall–Kier alpha value is -0.730. The molecular formula is C18H34O7. The van der Waals surface area contributed by atoms with Gasteiger partial charge in [0, 0.05) is 6.42 Å². The molecule has 2 unspecified atom stereocenters. The van der Waals surface area contributed by atoms with Crippen LogP contribution in [-0.2, 0) is 14.3 Å². The fourth-order valence-corrected chi connectivity index (χ4v) is 2.90. The first-order valence-corrected chi connectivity index (χ1v) is 9.50. The number of unbranched alkanes of at least 4 members (excludes halogenated alkanes) is 8. The highest BCUT2D eigenvalue weighted by Crippen LogP contribution is 2.20. The van der Waals surface area contributed by atoms with E-state index in [-0.39, 0.29) is 6.61 Å². The molecule has 5 atom stereocenters. The maximum Gasteiger partial charge on any atom is 0.305 e. The maximum atomic E-state index is 11.7. The molecule has 7 heteroatoms. The molecule has 148 valence electrons. The summed E-state index contributed by atoms with van der Waals surface area (Å²) in [6, 6.07) is 0.